The van der Waals surface area contributed by atoms with Crippen LogP contribution in [0.25, 0.3) is 0 Å². The second kappa shape index (κ2) is 7.04. The predicted molar refractivity (Wildman–Crippen MR) is 92.0 cm³/mol. The molecular weight excluding hydrogens is 306 g/mol. The second-order valence-corrected chi connectivity index (χ2v) is 5.59. The average molecular weight is 325 g/mol. The van der Waals surface area contributed by atoms with Crippen LogP contribution in [0.2, 0.25) is 0 Å². The van der Waals surface area contributed by atoms with E-state index in [9.17, 15) is 14.7 Å². The quantitative estimate of drug-likeness (QED) is 0.651. The van der Waals surface area contributed by atoms with E-state index in [2.05, 4.69) is 10.2 Å². The van der Waals surface area contributed by atoms with Crippen LogP contribution in [0.3, 0.4) is 0 Å². The molecule has 1 aliphatic rings. The van der Waals surface area contributed by atoms with Crippen molar-refractivity contribution in [3.63, 3.8) is 0 Å². The molecule has 1 saturated heterocycles. The first-order valence-corrected chi connectivity index (χ1v) is 7.83. The Balaban J connectivity index is 1.57. The monoisotopic (exact) mass is 325 g/mol. The van der Waals surface area contributed by atoms with Crippen molar-refractivity contribution in [2.75, 3.05) is 36.4 Å². The highest BCUT2D eigenvalue weighted by atomic mass is 16.3. The summed E-state index contributed by atoms with van der Waals surface area (Å²) in [6, 6.07) is 16.3. The molecule has 1 aliphatic heterocycles. The second-order valence-electron chi connectivity index (χ2n) is 5.59. The summed E-state index contributed by atoms with van der Waals surface area (Å²) in [6.07, 6.45) is 0. The summed E-state index contributed by atoms with van der Waals surface area (Å²) in [5.74, 6) is -1.37. The van der Waals surface area contributed by atoms with E-state index in [1.54, 1.807) is 18.2 Å². The molecule has 0 unspecified atom stereocenters. The normalized spacial score (nSPS) is 14.3. The van der Waals surface area contributed by atoms with Crippen molar-refractivity contribution in [1.29, 1.82) is 0 Å². The fourth-order valence-electron chi connectivity index (χ4n) is 2.71. The lowest BCUT2D eigenvalue weighted by molar-refractivity contribution is -0.143. The van der Waals surface area contributed by atoms with Gasteiger partial charge in [0.1, 0.15) is 5.75 Å². The van der Waals surface area contributed by atoms with E-state index < -0.39 is 11.8 Å². The Hall–Kier alpha value is -3.02. The highest BCUT2D eigenvalue weighted by Crippen LogP contribution is 2.21. The maximum absolute atomic E-state index is 12.3. The molecule has 2 aromatic rings. The van der Waals surface area contributed by atoms with Gasteiger partial charge in [-0.3, -0.25) is 9.59 Å². The van der Waals surface area contributed by atoms with E-state index in [0.717, 1.165) is 5.69 Å². The summed E-state index contributed by atoms with van der Waals surface area (Å²) in [7, 11) is 0. The summed E-state index contributed by atoms with van der Waals surface area (Å²) in [4.78, 5) is 28.1. The summed E-state index contributed by atoms with van der Waals surface area (Å²) in [6.45, 7) is 2.34. The number of hydrogen-bond donors (Lipinski definition) is 2. The first-order chi connectivity index (χ1) is 11.6. The Kier molecular flexibility index (Phi) is 4.65. The molecule has 0 atom stereocenters. The first-order valence-electron chi connectivity index (χ1n) is 7.83. The van der Waals surface area contributed by atoms with Crippen LogP contribution in [0.15, 0.2) is 54.6 Å². The van der Waals surface area contributed by atoms with E-state index in [1.807, 2.05) is 30.3 Å². The van der Waals surface area contributed by atoms with Crippen LogP contribution in [0.1, 0.15) is 0 Å². The van der Waals surface area contributed by atoms with Crippen molar-refractivity contribution in [3.05, 3.63) is 54.6 Å². The molecule has 2 aromatic carbocycles. The number of aromatic hydroxyl groups is 1. The number of amides is 2. The Bertz CT molecular complexity index is 725. The summed E-state index contributed by atoms with van der Waals surface area (Å²) in [5, 5.41) is 12.1. The summed E-state index contributed by atoms with van der Waals surface area (Å²) >= 11 is 0. The molecular formula is C18H19N3O3. The number of piperazine rings is 1. The third-order valence-corrected chi connectivity index (χ3v) is 4.03. The Morgan fingerprint density at radius 3 is 2.17 bits per heavy atom. The summed E-state index contributed by atoms with van der Waals surface area (Å²) in [5.41, 5.74) is 1.35. The summed E-state index contributed by atoms with van der Waals surface area (Å²) < 4.78 is 0. The first kappa shape index (κ1) is 15.9. The van der Waals surface area contributed by atoms with Gasteiger partial charge in [-0.1, -0.05) is 30.3 Å². The highest BCUT2D eigenvalue weighted by Gasteiger charge is 2.26. The molecule has 3 rings (SSSR count). The average Bonchev–Trinajstić information content (AvgIpc) is 2.64. The largest absolute Gasteiger partial charge is 0.506 e. The molecule has 0 radical (unpaired) electrons. The number of para-hydroxylation sites is 3. The van der Waals surface area contributed by atoms with Gasteiger partial charge >= 0.3 is 11.8 Å². The highest BCUT2D eigenvalue weighted by molar-refractivity contribution is 6.39. The van der Waals surface area contributed by atoms with E-state index in [4.69, 9.17) is 0 Å². The molecule has 0 saturated carbocycles. The molecule has 6 heteroatoms. The fraction of sp³-hybridized carbons (Fsp3) is 0.222. The van der Waals surface area contributed by atoms with Gasteiger partial charge in [0.2, 0.25) is 0 Å². The van der Waals surface area contributed by atoms with Gasteiger partial charge in [0, 0.05) is 31.9 Å². The molecule has 1 fully saturated rings. The minimum atomic E-state index is -0.732. The number of rotatable bonds is 2. The standard InChI is InChI=1S/C18H19N3O3/c22-16-9-5-4-8-15(16)19-17(23)18(24)21-12-10-20(11-13-21)14-6-2-1-3-7-14/h1-9,22H,10-13H2,(H,19,23). The Labute approximate surface area is 140 Å². The Morgan fingerprint density at radius 2 is 1.50 bits per heavy atom. The minimum absolute atomic E-state index is 0.0625. The lowest BCUT2D eigenvalue weighted by Crippen LogP contribution is -2.51. The SMILES string of the molecule is O=C(Nc1ccccc1O)C(=O)N1CCN(c2ccccc2)CC1. The van der Waals surface area contributed by atoms with Crippen LogP contribution >= 0.6 is 0 Å². The van der Waals surface area contributed by atoms with Crippen LogP contribution in [0.4, 0.5) is 11.4 Å². The number of nitrogens with zero attached hydrogens (tertiary/aromatic N) is 2. The third-order valence-electron chi connectivity index (χ3n) is 4.03. The number of carbonyl (C=O) groups is 2. The van der Waals surface area contributed by atoms with E-state index >= 15 is 0 Å². The molecule has 0 spiro atoms. The van der Waals surface area contributed by atoms with Crippen molar-refractivity contribution in [3.8, 4) is 5.75 Å². The minimum Gasteiger partial charge on any atom is -0.506 e. The van der Waals surface area contributed by atoms with Crippen molar-refractivity contribution < 1.29 is 14.7 Å². The van der Waals surface area contributed by atoms with Gasteiger partial charge in [0.05, 0.1) is 5.69 Å². The van der Waals surface area contributed by atoms with Gasteiger partial charge in [-0.05, 0) is 24.3 Å². The van der Waals surface area contributed by atoms with Crippen LogP contribution in [0, 0.1) is 0 Å². The topological polar surface area (TPSA) is 72.9 Å². The number of nitrogens with one attached hydrogen (secondary N) is 1. The van der Waals surface area contributed by atoms with Gasteiger partial charge in [0.25, 0.3) is 0 Å². The lowest BCUT2D eigenvalue weighted by Gasteiger charge is -2.35. The van der Waals surface area contributed by atoms with Gasteiger partial charge in [-0.15, -0.1) is 0 Å². The molecule has 6 nitrogen and oxygen atoms in total. The van der Waals surface area contributed by atoms with Crippen LogP contribution in [-0.4, -0.2) is 48.0 Å². The maximum atomic E-state index is 12.3. The van der Waals surface area contributed by atoms with Crippen LogP contribution in [0.5, 0.6) is 5.75 Å². The number of phenolic OH excluding ortho intramolecular Hbond substituents is 1. The van der Waals surface area contributed by atoms with Gasteiger partial charge in [-0.25, -0.2) is 0 Å². The third kappa shape index (κ3) is 3.48. The fourth-order valence-corrected chi connectivity index (χ4v) is 2.71. The lowest BCUT2D eigenvalue weighted by atomic mass is 10.2. The van der Waals surface area contributed by atoms with E-state index in [-0.39, 0.29) is 11.4 Å². The number of carbonyl (C=O) groups excluding carboxylic acids is 2. The van der Waals surface area contributed by atoms with E-state index in [0.29, 0.717) is 26.2 Å². The molecule has 1 heterocycles. The zero-order valence-corrected chi connectivity index (χ0v) is 13.2. The predicted octanol–water partition coefficient (Wildman–Crippen LogP) is 1.68. The van der Waals surface area contributed by atoms with Crippen molar-refractivity contribution in [2.24, 2.45) is 0 Å². The molecule has 2 N–H and O–H groups in total. The number of anilines is 2. The van der Waals surface area contributed by atoms with Gasteiger partial charge in [0.15, 0.2) is 0 Å². The number of hydrogen-bond acceptors (Lipinski definition) is 4. The van der Waals surface area contributed by atoms with Crippen LogP contribution < -0.4 is 10.2 Å². The molecule has 0 bridgehead atoms. The zero-order chi connectivity index (χ0) is 16.9. The molecule has 0 aromatic heterocycles. The zero-order valence-electron chi connectivity index (χ0n) is 13.2. The smallest absolute Gasteiger partial charge is 0.314 e. The Morgan fingerprint density at radius 1 is 0.875 bits per heavy atom. The van der Waals surface area contributed by atoms with Crippen molar-refractivity contribution in [1.82, 2.24) is 4.90 Å². The van der Waals surface area contributed by atoms with Crippen molar-refractivity contribution in [2.45, 2.75) is 0 Å². The maximum Gasteiger partial charge on any atom is 0.314 e. The van der Waals surface area contributed by atoms with Crippen molar-refractivity contribution >= 4 is 23.2 Å². The molecule has 24 heavy (non-hydrogen) atoms. The van der Waals surface area contributed by atoms with Gasteiger partial charge in [-0.2, -0.15) is 0 Å². The van der Waals surface area contributed by atoms with Gasteiger partial charge < -0.3 is 20.2 Å². The molecule has 124 valence electrons. The number of benzene rings is 2. The van der Waals surface area contributed by atoms with Crippen LogP contribution in [-0.2, 0) is 9.59 Å². The van der Waals surface area contributed by atoms with E-state index in [1.165, 1.54) is 11.0 Å². The molecule has 0 aliphatic carbocycles. The molecule has 2 amide bonds. The number of phenols is 1.